The molecule has 4 heteroatoms. The third kappa shape index (κ3) is 4.86. The molecule has 0 radical (unpaired) electrons. The number of hydrogen-bond acceptors (Lipinski definition) is 3. The van der Waals surface area contributed by atoms with E-state index >= 15 is 0 Å². The third-order valence-electron chi connectivity index (χ3n) is 4.14. The molecule has 1 heterocycles. The fourth-order valence-electron chi connectivity index (χ4n) is 2.88. The first-order valence-corrected chi connectivity index (χ1v) is 9.47. The summed E-state index contributed by atoms with van der Waals surface area (Å²) in [5.41, 5.74) is 2.45. The highest BCUT2D eigenvalue weighted by Crippen LogP contribution is 2.35. The summed E-state index contributed by atoms with van der Waals surface area (Å²) in [6.07, 6.45) is 2.33. The molecule has 0 unspecified atom stereocenters. The van der Waals surface area contributed by atoms with Gasteiger partial charge in [0.2, 0.25) is 5.91 Å². The number of amides is 1. The number of benzene rings is 2. The number of rotatable bonds is 7. The van der Waals surface area contributed by atoms with Gasteiger partial charge in [0.05, 0.1) is 17.1 Å². The molecule has 3 rings (SSSR count). The van der Waals surface area contributed by atoms with Crippen LogP contribution in [-0.2, 0) is 9.53 Å². The minimum absolute atomic E-state index is 0.0763. The van der Waals surface area contributed by atoms with Crippen molar-refractivity contribution < 1.29 is 9.53 Å². The minimum Gasteiger partial charge on any atom is -0.376 e. The number of ether oxygens (including phenoxy) is 1. The molecule has 2 aromatic carbocycles. The summed E-state index contributed by atoms with van der Waals surface area (Å²) in [5, 5.41) is 3.17. The molecule has 1 saturated heterocycles. The summed E-state index contributed by atoms with van der Waals surface area (Å²) in [5.74, 6) is 0.522. The molecule has 0 bridgehead atoms. The van der Waals surface area contributed by atoms with Gasteiger partial charge >= 0.3 is 0 Å². The molecule has 2 aromatic rings. The summed E-state index contributed by atoms with van der Waals surface area (Å²) < 4.78 is 5.55. The van der Waals surface area contributed by atoms with Crippen LogP contribution in [0.4, 0.5) is 0 Å². The van der Waals surface area contributed by atoms with Crippen molar-refractivity contribution in [3.05, 3.63) is 71.8 Å². The Kier molecular flexibility index (Phi) is 6.33. The maximum Gasteiger partial charge on any atom is 0.230 e. The maximum absolute atomic E-state index is 12.2. The van der Waals surface area contributed by atoms with Crippen LogP contribution in [0.3, 0.4) is 0 Å². The lowest BCUT2D eigenvalue weighted by molar-refractivity contribution is -0.119. The predicted octanol–water partition coefficient (Wildman–Crippen LogP) is 3.80. The van der Waals surface area contributed by atoms with E-state index in [-0.39, 0.29) is 17.3 Å². The Labute approximate surface area is 147 Å². The lowest BCUT2D eigenvalue weighted by atomic mass is 10.0. The minimum atomic E-state index is 0.0763. The van der Waals surface area contributed by atoms with E-state index in [0.29, 0.717) is 12.3 Å². The number of thioether (sulfide) groups is 1. The molecule has 24 heavy (non-hydrogen) atoms. The smallest absolute Gasteiger partial charge is 0.230 e. The Balaban J connectivity index is 1.59. The molecule has 1 aliphatic heterocycles. The summed E-state index contributed by atoms with van der Waals surface area (Å²) >= 11 is 1.67. The van der Waals surface area contributed by atoms with Crippen LogP contribution in [0, 0.1) is 0 Å². The maximum atomic E-state index is 12.2. The standard InChI is InChI=1S/C20H23NO2S/c22-19(21-14-18-12-7-13-23-18)15-24-20(16-8-3-1-4-9-16)17-10-5-2-6-11-17/h1-6,8-11,18,20H,7,12-15H2,(H,21,22)/t18-/m0/s1. The molecule has 1 amide bonds. The molecule has 3 nitrogen and oxygen atoms in total. The third-order valence-corrected chi connectivity index (χ3v) is 5.44. The van der Waals surface area contributed by atoms with Crippen molar-refractivity contribution in [1.82, 2.24) is 5.32 Å². The zero-order chi connectivity index (χ0) is 16.6. The van der Waals surface area contributed by atoms with Crippen LogP contribution in [0.1, 0.15) is 29.2 Å². The fraction of sp³-hybridized carbons (Fsp3) is 0.350. The molecule has 1 fully saturated rings. The average molecular weight is 341 g/mol. The summed E-state index contributed by atoms with van der Waals surface area (Å²) in [7, 11) is 0. The van der Waals surface area contributed by atoms with Gasteiger partial charge in [0.25, 0.3) is 0 Å². The first-order valence-electron chi connectivity index (χ1n) is 8.43. The highest BCUT2D eigenvalue weighted by molar-refractivity contribution is 8.00. The molecule has 1 atom stereocenters. The first-order chi connectivity index (χ1) is 11.8. The van der Waals surface area contributed by atoms with Crippen molar-refractivity contribution in [2.45, 2.75) is 24.2 Å². The van der Waals surface area contributed by atoms with Gasteiger partial charge in [0.15, 0.2) is 0 Å². The number of hydrogen-bond donors (Lipinski definition) is 1. The van der Waals surface area contributed by atoms with Crippen molar-refractivity contribution in [3.63, 3.8) is 0 Å². The molecular weight excluding hydrogens is 318 g/mol. The fourth-order valence-corrected chi connectivity index (χ4v) is 4.00. The van der Waals surface area contributed by atoms with E-state index in [9.17, 15) is 4.79 Å². The lowest BCUT2D eigenvalue weighted by Crippen LogP contribution is -2.33. The lowest BCUT2D eigenvalue weighted by Gasteiger charge is -2.18. The predicted molar refractivity (Wildman–Crippen MR) is 99.2 cm³/mol. The topological polar surface area (TPSA) is 38.3 Å². The Hall–Kier alpha value is -1.78. The Morgan fingerprint density at radius 2 is 1.71 bits per heavy atom. The van der Waals surface area contributed by atoms with Gasteiger partial charge in [-0.3, -0.25) is 4.79 Å². The highest BCUT2D eigenvalue weighted by Gasteiger charge is 2.18. The van der Waals surface area contributed by atoms with E-state index < -0.39 is 0 Å². The molecule has 0 aliphatic carbocycles. The zero-order valence-electron chi connectivity index (χ0n) is 13.7. The van der Waals surface area contributed by atoms with E-state index in [4.69, 9.17) is 4.74 Å². The largest absolute Gasteiger partial charge is 0.376 e. The van der Waals surface area contributed by atoms with Crippen LogP contribution in [0.2, 0.25) is 0 Å². The van der Waals surface area contributed by atoms with E-state index in [1.807, 2.05) is 36.4 Å². The van der Waals surface area contributed by atoms with Gasteiger partial charge < -0.3 is 10.1 Å². The van der Waals surface area contributed by atoms with Gasteiger partial charge in [-0.1, -0.05) is 60.7 Å². The van der Waals surface area contributed by atoms with Crippen molar-refractivity contribution >= 4 is 17.7 Å². The normalized spacial score (nSPS) is 17.1. The molecule has 1 N–H and O–H groups in total. The van der Waals surface area contributed by atoms with Crippen LogP contribution in [0.15, 0.2) is 60.7 Å². The molecular formula is C20H23NO2S. The zero-order valence-corrected chi connectivity index (χ0v) is 14.5. The van der Waals surface area contributed by atoms with Crippen molar-refractivity contribution in [2.75, 3.05) is 18.9 Å². The summed E-state index contributed by atoms with van der Waals surface area (Å²) in [6.45, 7) is 1.44. The first kappa shape index (κ1) is 17.1. The van der Waals surface area contributed by atoms with E-state index in [2.05, 4.69) is 29.6 Å². The van der Waals surface area contributed by atoms with Gasteiger partial charge in [0.1, 0.15) is 0 Å². The molecule has 0 spiro atoms. The molecule has 0 saturated carbocycles. The van der Waals surface area contributed by atoms with Crippen molar-refractivity contribution in [3.8, 4) is 0 Å². The average Bonchev–Trinajstić information content (AvgIpc) is 3.16. The van der Waals surface area contributed by atoms with Crippen molar-refractivity contribution in [1.29, 1.82) is 0 Å². The van der Waals surface area contributed by atoms with Gasteiger partial charge in [0, 0.05) is 13.2 Å². The summed E-state index contributed by atoms with van der Waals surface area (Å²) in [4.78, 5) is 12.2. The van der Waals surface area contributed by atoms with Gasteiger partial charge in [-0.2, -0.15) is 0 Å². The Morgan fingerprint density at radius 1 is 1.08 bits per heavy atom. The quantitative estimate of drug-likeness (QED) is 0.832. The highest BCUT2D eigenvalue weighted by atomic mass is 32.2. The molecule has 0 aromatic heterocycles. The van der Waals surface area contributed by atoms with Crippen LogP contribution in [-0.4, -0.2) is 30.9 Å². The van der Waals surface area contributed by atoms with Crippen molar-refractivity contribution in [2.24, 2.45) is 0 Å². The van der Waals surface area contributed by atoms with Gasteiger partial charge in [-0.15, -0.1) is 11.8 Å². The van der Waals surface area contributed by atoms with E-state index in [1.165, 1.54) is 11.1 Å². The van der Waals surface area contributed by atoms with Gasteiger partial charge in [-0.25, -0.2) is 0 Å². The number of carbonyl (C=O) groups excluding carboxylic acids is 1. The Bertz CT molecular complexity index is 587. The molecule has 1 aliphatic rings. The molecule has 126 valence electrons. The second-order valence-corrected chi connectivity index (χ2v) is 7.04. The Morgan fingerprint density at radius 3 is 2.25 bits per heavy atom. The van der Waals surface area contributed by atoms with Crippen LogP contribution in [0.5, 0.6) is 0 Å². The van der Waals surface area contributed by atoms with Gasteiger partial charge in [-0.05, 0) is 24.0 Å². The number of nitrogens with one attached hydrogen (secondary N) is 1. The number of carbonyl (C=O) groups is 1. The van der Waals surface area contributed by atoms with Crippen LogP contribution >= 0.6 is 11.8 Å². The van der Waals surface area contributed by atoms with E-state index in [1.54, 1.807) is 11.8 Å². The van der Waals surface area contributed by atoms with Crippen LogP contribution < -0.4 is 5.32 Å². The summed E-state index contributed by atoms with van der Waals surface area (Å²) in [6, 6.07) is 20.7. The monoisotopic (exact) mass is 341 g/mol. The second kappa shape index (κ2) is 8.90. The van der Waals surface area contributed by atoms with Crippen LogP contribution in [0.25, 0.3) is 0 Å². The van der Waals surface area contributed by atoms with E-state index in [0.717, 1.165) is 19.4 Å². The SMILES string of the molecule is O=C(CSC(c1ccccc1)c1ccccc1)NC[C@@H]1CCCO1. The second-order valence-electron chi connectivity index (χ2n) is 5.95.